The molecule has 0 radical (unpaired) electrons. The second-order valence-electron chi connectivity index (χ2n) is 2.17. The summed E-state index contributed by atoms with van der Waals surface area (Å²) in [7, 11) is 0. The van der Waals surface area contributed by atoms with Gasteiger partial charge in [0.25, 0.3) is 0 Å². The van der Waals surface area contributed by atoms with Gasteiger partial charge in [0.15, 0.2) is 0 Å². The maximum absolute atomic E-state index is 10.3. The largest absolute Gasteiger partial charge is 0.376 e. The van der Waals surface area contributed by atoms with Crippen molar-refractivity contribution in [2.45, 2.75) is 13.3 Å². The summed E-state index contributed by atoms with van der Waals surface area (Å²) in [6, 6.07) is 0. The van der Waals surface area contributed by atoms with Crippen LogP contribution in [0.3, 0.4) is 0 Å². The van der Waals surface area contributed by atoms with E-state index in [2.05, 4.69) is 0 Å². The first-order valence-electron chi connectivity index (χ1n) is 3.53. The first-order chi connectivity index (χ1) is 5.20. The van der Waals surface area contributed by atoms with Gasteiger partial charge in [-0.2, -0.15) is 0 Å². The minimum atomic E-state index is -0.500. The van der Waals surface area contributed by atoms with Gasteiger partial charge in [-0.1, -0.05) is 6.92 Å². The third kappa shape index (κ3) is 5.42. The zero-order valence-electron chi connectivity index (χ0n) is 6.66. The van der Waals surface area contributed by atoms with Crippen molar-refractivity contribution in [1.29, 1.82) is 0 Å². The van der Waals surface area contributed by atoms with E-state index in [1.165, 1.54) is 12.3 Å². The van der Waals surface area contributed by atoms with Crippen molar-refractivity contribution in [3.8, 4) is 0 Å². The molecule has 4 nitrogen and oxygen atoms in total. The van der Waals surface area contributed by atoms with Crippen molar-refractivity contribution in [2.75, 3.05) is 13.3 Å². The molecule has 0 unspecified atom stereocenters. The fourth-order valence-electron chi connectivity index (χ4n) is 0.658. The van der Waals surface area contributed by atoms with Crippen LogP contribution in [0.15, 0.2) is 12.3 Å². The molecule has 0 atom stereocenters. The number of hydrogen-bond acceptors (Lipinski definition) is 3. The molecular formula is C7H14N2O2. The molecule has 3 N–H and O–H groups in total. The molecular weight excluding hydrogens is 144 g/mol. The highest BCUT2D eigenvalue weighted by Gasteiger charge is 1.93. The Kier molecular flexibility index (Phi) is 5.20. The SMILES string of the molecule is CCCN(C=CC(N)=O)CO. The number of amides is 1. The van der Waals surface area contributed by atoms with E-state index < -0.39 is 5.91 Å². The first kappa shape index (κ1) is 9.97. The molecule has 0 spiro atoms. The van der Waals surface area contributed by atoms with Gasteiger partial charge in [-0.15, -0.1) is 0 Å². The maximum Gasteiger partial charge on any atom is 0.242 e. The summed E-state index contributed by atoms with van der Waals surface area (Å²) in [5.74, 6) is -0.500. The maximum atomic E-state index is 10.3. The molecule has 4 heteroatoms. The lowest BCUT2D eigenvalue weighted by Crippen LogP contribution is -2.20. The predicted molar refractivity (Wildman–Crippen MR) is 42.4 cm³/mol. The minimum absolute atomic E-state index is 0.0857. The highest BCUT2D eigenvalue weighted by atomic mass is 16.3. The minimum Gasteiger partial charge on any atom is -0.376 e. The van der Waals surface area contributed by atoms with Crippen LogP contribution in [0.4, 0.5) is 0 Å². The standard InChI is InChI=1S/C7H14N2O2/c1-2-4-9(6-10)5-3-7(8)11/h3,5,10H,2,4,6H2,1H3,(H2,8,11). The lowest BCUT2D eigenvalue weighted by atomic mass is 10.4. The molecule has 0 aliphatic rings. The quantitative estimate of drug-likeness (QED) is 0.424. The molecule has 11 heavy (non-hydrogen) atoms. The smallest absolute Gasteiger partial charge is 0.242 e. The second kappa shape index (κ2) is 5.73. The van der Waals surface area contributed by atoms with Gasteiger partial charge in [0.05, 0.1) is 0 Å². The van der Waals surface area contributed by atoms with Gasteiger partial charge in [0.1, 0.15) is 6.73 Å². The van der Waals surface area contributed by atoms with Gasteiger partial charge in [0.2, 0.25) is 5.91 Å². The molecule has 0 saturated carbocycles. The van der Waals surface area contributed by atoms with E-state index >= 15 is 0 Å². The topological polar surface area (TPSA) is 66.6 Å². The Morgan fingerprint density at radius 3 is 2.73 bits per heavy atom. The molecule has 1 amide bonds. The van der Waals surface area contributed by atoms with E-state index in [9.17, 15) is 4.79 Å². The molecule has 0 aliphatic heterocycles. The van der Waals surface area contributed by atoms with Gasteiger partial charge in [-0.3, -0.25) is 4.79 Å². The van der Waals surface area contributed by atoms with Crippen molar-refractivity contribution in [2.24, 2.45) is 5.73 Å². The number of carbonyl (C=O) groups is 1. The summed E-state index contributed by atoms with van der Waals surface area (Å²) in [5.41, 5.74) is 4.86. The lowest BCUT2D eigenvalue weighted by molar-refractivity contribution is -0.113. The Balaban J connectivity index is 3.76. The Morgan fingerprint density at radius 1 is 1.73 bits per heavy atom. The van der Waals surface area contributed by atoms with E-state index in [1.54, 1.807) is 4.90 Å². The van der Waals surface area contributed by atoms with Crippen LogP contribution in [0.2, 0.25) is 0 Å². The first-order valence-corrected chi connectivity index (χ1v) is 3.53. The van der Waals surface area contributed by atoms with Crippen LogP contribution in [0.25, 0.3) is 0 Å². The number of aliphatic hydroxyl groups is 1. The van der Waals surface area contributed by atoms with Crippen LogP contribution in [-0.4, -0.2) is 29.2 Å². The Labute approximate surface area is 66.3 Å². The number of rotatable bonds is 5. The average molecular weight is 158 g/mol. The zero-order valence-corrected chi connectivity index (χ0v) is 6.66. The number of nitrogens with two attached hydrogens (primary N) is 1. The van der Waals surface area contributed by atoms with Crippen LogP contribution >= 0.6 is 0 Å². The molecule has 0 heterocycles. The molecule has 0 fully saturated rings. The summed E-state index contributed by atoms with van der Waals surface area (Å²) in [6.45, 7) is 2.62. The summed E-state index contributed by atoms with van der Waals surface area (Å²) in [4.78, 5) is 11.9. The van der Waals surface area contributed by atoms with Gasteiger partial charge < -0.3 is 15.7 Å². The summed E-state index contributed by atoms with van der Waals surface area (Å²) >= 11 is 0. The van der Waals surface area contributed by atoms with Crippen LogP contribution in [0.5, 0.6) is 0 Å². The molecule has 0 bridgehead atoms. The van der Waals surface area contributed by atoms with E-state index in [0.717, 1.165) is 13.0 Å². The second-order valence-corrected chi connectivity index (χ2v) is 2.17. The Morgan fingerprint density at radius 2 is 2.36 bits per heavy atom. The normalized spacial score (nSPS) is 10.4. The van der Waals surface area contributed by atoms with Crippen molar-refractivity contribution in [3.63, 3.8) is 0 Å². The number of hydrogen-bond donors (Lipinski definition) is 2. The van der Waals surface area contributed by atoms with Gasteiger partial charge in [-0.05, 0) is 6.42 Å². The molecule has 0 aromatic carbocycles. The van der Waals surface area contributed by atoms with Gasteiger partial charge in [0, 0.05) is 18.8 Å². The van der Waals surface area contributed by atoms with E-state index in [0.29, 0.717) is 0 Å². The zero-order chi connectivity index (χ0) is 8.69. The lowest BCUT2D eigenvalue weighted by Gasteiger charge is -2.14. The molecule has 0 rings (SSSR count). The summed E-state index contributed by atoms with van der Waals surface area (Å²) in [6.07, 6.45) is 3.64. The molecule has 64 valence electrons. The molecule has 0 aliphatic carbocycles. The van der Waals surface area contributed by atoms with Crippen LogP contribution in [-0.2, 0) is 4.79 Å². The van der Waals surface area contributed by atoms with E-state index in [1.807, 2.05) is 6.92 Å². The van der Waals surface area contributed by atoms with Crippen molar-refractivity contribution in [3.05, 3.63) is 12.3 Å². The third-order valence-electron chi connectivity index (χ3n) is 1.14. The predicted octanol–water partition coefficient (Wildman–Crippen LogP) is -0.353. The highest BCUT2D eigenvalue weighted by Crippen LogP contribution is 1.89. The van der Waals surface area contributed by atoms with Gasteiger partial charge in [-0.25, -0.2) is 0 Å². The third-order valence-corrected chi connectivity index (χ3v) is 1.14. The Bertz CT molecular complexity index is 145. The van der Waals surface area contributed by atoms with Crippen molar-refractivity contribution < 1.29 is 9.90 Å². The summed E-state index contributed by atoms with van der Waals surface area (Å²) < 4.78 is 0. The van der Waals surface area contributed by atoms with Crippen LogP contribution < -0.4 is 5.73 Å². The van der Waals surface area contributed by atoms with Gasteiger partial charge >= 0.3 is 0 Å². The fraction of sp³-hybridized carbons (Fsp3) is 0.571. The average Bonchev–Trinajstić information content (AvgIpc) is 1.97. The highest BCUT2D eigenvalue weighted by molar-refractivity contribution is 5.85. The fourth-order valence-corrected chi connectivity index (χ4v) is 0.658. The van der Waals surface area contributed by atoms with Crippen LogP contribution in [0, 0.1) is 0 Å². The number of primary amides is 1. The van der Waals surface area contributed by atoms with Crippen molar-refractivity contribution >= 4 is 5.91 Å². The molecule has 0 saturated heterocycles. The number of nitrogens with zero attached hydrogens (tertiary/aromatic N) is 1. The molecule has 0 aromatic rings. The Hall–Kier alpha value is -1.03. The summed E-state index contributed by atoms with van der Waals surface area (Å²) in [5, 5.41) is 8.69. The van der Waals surface area contributed by atoms with E-state index in [-0.39, 0.29) is 6.73 Å². The monoisotopic (exact) mass is 158 g/mol. The van der Waals surface area contributed by atoms with E-state index in [4.69, 9.17) is 10.8 Å². The molecule has 0 aromatic heterocycles. The number of aliphatic hydroxyl groups excluding tert-OH is 1. The van der Waals surface area contributed by atoms with Crippen molar-refractivity contribution in [1.82, 2.24) is 4.90 Å². The number of carbonyl (C=O) groups excluding carboxylic acids is 1. The van der Waals surface area contributed by atoms with Crippen LogP contribution in [0.1, 0.15) is 13.3 Å².